The molecule has 2 aromatic heterocycles. The van der Waals surface area contributed by atoms with Crippen LogP contribution in [0.3, 0.4) is 0 Å². The van der Waals surface area contributed by atoms with Gasteiger partial charge in [0.15, 0.2) is 0 Å². The highest BCUT2D eigenvalue weighted by Crippen LogP contribution is 2.27. The van der Waals surface area contributed by atoms with Crippen molar-refractivity contribution in [3.05, 3.63) is 78.2 Å². The van der Waals surface area contributed by atoms with E-state index in [1.54, 1.807) is 17.1 Å². The molecule has 1 aliphatic rings. The predicted molar refractivity (Wildman–Crippen MR) is 100.0 cm³/mol. The summed E-state index contributed by atoms with van der Waals surface area (Å²) in [5.41, 5.74) is 2.19. The van der Waals surface area contributed by atoms with Gasteiger partial charge in [-0.15, -0.1) is 0 Å². The molecule has 1 fully saturated rings. The van der Waals surface area contributed by atoms with Gasteiger partial charge in [0.1, 0.15) is 5.82 Å². The molecule has 6 heteroatoms. The maximum absolute atomic E-state index is 12.7. The number of pyridine rings is 1. The molecule has 0 bridgehead atoms. The molecule has 2 amide bonds. The minimum atomic E-state index is -0.0776. The van der Waals surface area contributed by atoms with Crippen molar-refractivity contribution in [1.82, 2.24) is 19.7 Å². The van der Waals surface area contributed by atoms with E-state index in [0.717, 1.165) is 25.2 Å². The van der Waals surface area contributed by atoms with Crippen LogP contribution in [0, 0.1) is 0 Å². The van der Waals surface area contributed by atoms with Crippen molar-refractivity contribution in [3.63, 3.8) is 0 Å². The van der Waals surface area contributed by atoms with E-state index in [1.807, 2.05) is 47.4 Å². The average molecular weight is 347 g/mol. The van der Waals surface area contributed by atoms with Gasteiger partial charge in [-0.05, 0) is 24.1 Å². The number of nitrogens with one attached hydrogen (secondary N) is 1. The second-order valence-electron chi connectivity index (χ2n) is 6.47. The van der Waals surface area contributed by atoms with Crippen LogP contribution >= 0.6 is 0 Å². The highest BCUT2D eigenvalue weighted by molar-refractivity contribution is 5.88. The van der Waals surface area contributed by atoms with Crippen LogP contribution in [0.5, 0.6) is 0 Å². The number of hydrogen-bond donors (Lipinski definition) is 1. The average Bonchev–Trinajstić information content (AvgIpc) is 3.34. The van der Waals surface area contributed by atoms with Gasteiger partial charge < -0.3 is 4.90 Å². The Balaban J connectivity index is 1.39. The third kappa shape index (κ3) is 3.59. The molecule has 1 unspecified atom stereocenters. The lowest BCUT2D eigenvalue weighted by Gasteiger charge is -2.18. The number of likely N-dealkylation sites (tertiary alicyclic amines) is 1. The second-order valence-corrected chi connectivity index (χ2v) is 6.47. The number of amides is 2. The van der Waals surface area contributed by atoms with E-state index < -0.39 is 0 Å². The molecule has 3 heterocycles. The van der Waals surface area contributed by atoms with E-state index in [2.05, 4.69) is 27.5 Å². The standard InChI is InChI=1S/C20H21N5O/c26-20(24-13-10-17(14-24)16-6-2-1-3-7-16)23-19-9-12-22-25(19)15-18-8-4-5-11-21-18/h1-9,11-12,17H,10,13-15H2,(H,23,26). The normalized spacial score (nSPS) is 16.6. The van der Waals surface area contributed by atoms with Gasteiger partial charge in [-0.25, -0.2) is 9.48 Å². The fraction of sp³-hybridized carbons (Fsp3) is 0.250. The van der Waals surface area contributed by atoms with Gasteiger partial charge in [-0.1, -0.05) is 36.4 Å². The van der Waals surface area contributed by atoms with E-state index in [1.165, 1.54) is 5.56 Å². The summed E-state index contributed by atoms with van der Waals surface area (Å²) in [7, 11) is 0. The molecule has 1 saturated heterocycles. The molecule has 1 aliphatic heterocycles. The molecule has 1 N–H and O–H groups in total. The predicted octanol–water partition coefficient (Wildman–Crippen LogP) is 3.35. The molecule has 3 aromatic rings. The quantitative estimate of drug-likeness (QED) is 0.787. The fourth-order valence-electron chi connectivity index (χ4n) is 3.34. The summed E-state index contributed by atoms with van der Waals surface area (Å²) >= 11 is 0. The van der Waals surface area contributed by atoms with Gasteiger partial charge in [-0.2, -0.15) is 5.10 Å². The number of urea groups is 1. The summed E-state index contributed by atoms with van der Waals surface area (Å²) in [6.45, 7) is 2.03. The van der Waals surface area contributed by atoms with Crippen molar-refractivity contribution < 1.29 is 4.79 Å². The van der Waals surface area contributed by atoms with E-state index in [-0.39, 0.29) is 6.03 Å². The lowest BCUT2D eigenvalue weighted by atomic mass is 9.99. The molecule has 0 spiro atoms. The Morgan fingerprint density at radius 1 is 1.08 bits per heavy atom. The SMILES string of the molecule is O=C(Nc1ccnn1Cc1ccccn1)N1CCC(c2ccccc2)C1. The van der Waals surface area contributed by atoms with Crippen molar-refractivity contribution in [2.24, 2.45) is 0 Å². The largest absolute Gasteiger partial charge is 0.324 e. The van der Waals surface area contributed by atoms with E-state index in [0.29, 0.717) is 18.3 Å². The third-order valence-corrected chi connectivity index (χ3v) is 4.74. The first-order valence-electron chi connectivity index (χ1n) is 8.82. The van der Waals surface area contributed by atoms with Crippen LogP contribution in [0.4, 0.5) is 10.6 Å². The van der Waals surface area contributed by atoms with Gasteiger partial charge in [-0.3, -0.25) is 10.3 Å². The molecule has 26 heavy (non-hydrogen) atoms. The Bertz CT molecular complexity index is 862. The van der Waals surface area contributed by atoms with Crippen LogP contribution in [-0.4, -0.2) is 38.8 Å². The number of hydrogen-bond acceptors (Lipinski definition) is 3. The maximum Gasteiger partial charge on any atom is 0.323 e. The molecule has 1 atom stereocenters. The first kappa shape index (κ1) is 16.3. The number of anilines is 1. The lowest BCUT2D eigenvalue weighted by molar-refractivity contribution is 0.221. The maximum atomic E-state index is 12.7. The number of benzene rings is 1. The molecular weight excluding hydrogens is 326 g/mol. The Hall–Kier alpha value is -3.15. The number of carbonyl (C=O) groups is 1. The van der Waals surface area contributed by atoms with E-state index in [9.17, 15) is 4.79 Å². The van der Waals surface area contributed by atoms with Gasteiger partial charge in [0, 0.05) is 31.3 Å². The zero-order chi connectivity index (χ0) is 17.8. The Kier molecular flexibility index (Phi) is 4.64. The van der Waals surface area contributed by atoms with Crippen molar-refractivity contribution in [3.8, 4) is 0 Å². The minimum absolute atomic E-state index is 0.0776. The van der Waals surface area contributed by atoms with Gasteiger partial charge in [0.05, 0.1) is 18.4 Å². The molecule has 0 radical (unpaired) electrons. The summed E-state index contributed by atoms with van der Waals surface area (Å²) in [6.07, 6.45) is 4.44. The highest BCUT2D eigenvalue weighted by atomic mass is 16.2. The topological polar surface area (TPSA) is 63.1 Å². The molecule has 0 aliphatic carbocycles. The Morgan fingerprint density at radius 3 is 2.73 bits per heavy atom. The summed E-state index contributed by atoms with van der Waals surface area (Å²) < 4.78 is 1.75. The minimum Gasteiger partial charge on any atom is -0.324 e. The van der Waals surface area contributed by atoms with Crippen LogP contribution in [0.2, 0.25) is 0 Å². The van der Waals surface area contributed by atoms with Gasteiger partial charge in [0.25, 0.3) is 0 Å². The molecular formula is C20H21N5O. The summed E-state index contributed by atoms with van der Waals surface area (Å²) in [6, 6.07) is 17.9. The van der Waals surface area contributed by atoms with Crippen molar-refractivity contribution >= 4 is 11.8 Å². The van der Waals surface area contributed by atoms with Crippen molar-refractivity contribution in [2.45, 2.75) is 18.9 Å². The van der Waals surface area contributed by atoms with Crippen LogP contribution in [0.15, 0.2) is 67.0 Å². The van der Waals surface area contributed by atoms with Crippen LogP contribution in [0.25, 0.3) is 0 Å². The number of aromatic nitrogens is 3. The smallest absolute Gasteiger partial charge is 0.323 e. The number of carbonyl (C=O) groups excluding carboxylic acids is 1. The van der Waals surface area contributed by atoms with Crippen LogP contribution in [-0.2, 0) is 6.54 Å². The van der Waals surface area contributed by atoms with E-state index >= 15 is 0 Å². The molecule has 4 rings (SSSR count). The van der Waals surface area contributed by atoms with Crippen LogP contribution in [0.1, 0.15) is 23.6 Å². The molecule has 6 nitrogen and oxygen atoms in total. The number of rotatable bonds is 4. The van der Waals surface area contributed by atoms with Crippen molar-refractivity contribution in [2.75, 3.05) is 18.4 Å². The first-order chi connectivity index (χ1) is 12.8. The Morgan fingerprint density at radius 2 is 1.92 bits per heavy atom. The Labute approximate surface area is 152 Å². The second kappa shape index (κ2) is 7.39. The molecule has 0 saturated carbocycles. The summed E-state index contributed by atoms with van der Waals surface area (Å²) in [5, 5.41) is 7.28. The fourth-order valence-corrected chi connectivity index (χ4v) is 3.34. The monoisotopic (exact) mass is 347 g/mol. The number of nitrogens with zero attached hydrogens (tertiary/aromatic N) is 4. The van der Waals surface area contributed by atoms with Crippen molar-refractivity contribution in [1.29, 1.82) is 0 Å². The van der Waals surface area contributed by atoms with E-state index in [4.69, 9.17) is 0 Å². The zero-order valence-electron chi connectivity index (χ0n) is 14.5. The van der Waals surface area contributed by atoms with Gasteiger partial charge >= 0.3 is 6.03 Å². The van der Waals surface area contributed by atoms with Gasteiger partial charge in [0.2, 0.25) is 0 Å². The molecule has 1 aromatic carbocycles. The molecule has 132 valence electrons. The summed E-state index contributed by atoms with van der Waals surface area (Å²) in [4.78, 5) is 18.8. The highest BCUT2D eigenvalue weighted by Gasteiger charge is 2.27. The zero-order valence-corrected chi connectivity index (χ0v) is 14.5. The van der Waals surface area contributed by atoms with Crippen LogP contribution < -0.4 is 5.32 Å². The first-order valence-corrected chi connectivity index (χ1v) is 8.82. The lowest BCUT2D eigenvalue weighted by Crippen LogP contribution is -2.33. The summed E-state index contributed by atoms with van der Waals surface area (Å²) in [5.74, 6) is 1.09. The third-order valence-electron chi connectivity index (χ3n) is 4.74.